The van der Waals surface area contributed by atoms with E-state index in [1.165, 1.54) is 0 Å². The predicted octanol–water partition coefficient (Wildman–Crippen LogP) is 6.20. The van der Waals surface area contributed by atoms with Crippen LogP contribution in [0.15, 0.2) is 54.7 Å². The number of aromatic nitrogens is 2. The highest BCUT2D eigenvalue weighted by atomic mass is 16.5. The molecule has 2 unspecified atom stereocenters. The third-order valence-corrected chi connectivity index (χ3v) is 9.88. The Kier molecular flexibility index (Phi) is 11.0. The minimum absolute atomic E-state index is 0.00393. The third kappa shape index (κ3) is 7.75. The van der Waals surface area contributed by atoms with Gasteiger partial charge in [0.05, 0.1) is 19.0 Å². The maximum Gasteiger partial charge on any atom is 0.323 e. The maximum absolute atomic E-state index is 13.2. The van der Waals surface area contributed by atoms with Gasteiger partial charge in [-0.25, -0.2) is 4.98 Å². The highest BCUT2D eigenvalue weighted by Gasteiger charge is 2.41. The summed E-state index contributed by atoms with van der Waals surface area (Å²) in [7, 11) is 3.32. The number of fused-ring (bicyclic) bond motifs is 1. The summed E-state index contributed by atoms with van der Waals surface area (Å²) < 4.78 is 11.1. The minimum Gasteiger partial charge on any atom is -0.495 e. The van der Waals surface area contributed by atoms with E-state index < -0.39 is 6.04 Å². The number of ether oxygens (including phenoxy) is 2. The first kappa shape index (κ1) is 34.9. The van der Waals surface area contributed by atoms with Gasteiger partial charge in [-0.1, -0.05) is 44.1 Å². The number of carbonyl (C=O) groups is 3. The highest BCUT2D eigenvalue weighted by molar-refractivity contribution is 6.05. The number of methoxy groups -OCH3 is 1. The molecule has 2 heterocycles. The molecule has 12 nitrogen and oxygen atoms in total. The lowest BCUT2D eigenvalue weighted by Crippen LogP contribution is -2.55. The molecule has 1 aliphatic heterocycles. The molecule has 2 atom stereocenters. The van der Waals surface area contributed by atoms with Crippen molar-refractivity contribution in [3.05, 3.63) is 65.9 Å². The Morgan fingerprint density at radius 3 is 2.48 bits per heavy atom. The summed E-state index contributed by atoms with van der Waals surface area (Å²) >= 11 is 0. The van der Waals surface area contributed by atoms with Gasteiger partial charge in [0, 0.05) is 24.3 Å². The molecule has 2 aliphatic carbocycles. The van der Waals surface area contributed by atoms with Crippen molar-refractivity contribution in [3.8, 4) is 5.75 Å². The van der Waals surface area contributed by atoms with Crippen LogP contribution in [0.2, 0.25) is 0 Å². The second-order valence-corrected chi connectivity index (χ2v) is 13.3. The standard InChI is InChI=1S/C38H47N7O5/c1-4-31-36(47)44(2)32-23-40-38(43-34(32)45(31)27-11-5-6-12-27)42-30-21-18-25(22-33(30)49-3)35(46)41-26-19-16-24(17-20-26)10-9-15-29(39)37(48)50-28-13-7-8-14-28/h9-10,16-23,27-29,31H,4-8,11-15,39H2,1-3H3,(H,41,46)(H,40,42,43)/b10-9+. The highest BCUT2D eigenvalue weighted by Crippen LogP contribution is 2.40. The van der Waals surface area contributed by atoms with E-state index in [0.717, 1.165) is 62.7 Å². The smallest absolute Gasteiger partial charge is 0.323 e. The van der Waals surface area contributed by atoms with Gasteiger partial charge in [-0.3, -0.25) is 14.4 Å². The Morgan fingerprint density at radius 2 is 1.78 bits per heavy atom. The van der Waals surface area contributed by atoms with Crippen molar-refractivity contribution in [1.82, 2.24) is 9.97 Å². The number of esters is 1. The summed E-state index contributed by atoms with van der Waals surface area (Å²) in [5, 5.41) is 6.19. The molecule has 0 radical (unpaired) electrons. The molecule has 4 N–H and O–H groups in total. The molecule has 12 heteroatoms. The summed E-state index contributed by atoms with van der Waals surface area (Å²) in [5.41, 5.74) is 9.29. The van der Waals surface area contributed by atoms with E-state index in [2.05, 4.69) is 20.5 Å². The Hall–Kier alpha value is -4.97. The van der Waals surface area contributed by atoms with Crippen LogP contribution in [0.25, 0.3) is 6.08 Å². The van der Waals surface area contributed by atoms with E-state index in [1.54, 1.807) is 43.5 Å². The molecule has 2 fully saturated rings. The average molecular weight is 682 g/mol. The van der Waals surface area contributed by atoms with Crippen LogP contribution in [0.1, 0.15) is 87.1 Å². The van der Waals surface area contributed by atoms with E-state index in [0.29, 0.717) is 47.2 Å². The number of carbonyl (C=O) groups excluding carboxylic acids is 3. The molecule has 0 saturated heterocycles. The summed E-state index contributed by atoms with van der Waals surface area (Å²) in [5.74, 6) is 1.00. The van der Waals surface area contributed by atoms with Crippen molar-refractivity contribution < 1.29 is 23.9 Å². The predicted molar refractivity (Wildman–Crippen MR) is 195 cm³/mol. The number of likely N-dealkylation sites (N-methyl/N-ethyl adjacent to an activating group) is 1. The Bertz CT molecular complexity index is 1720. The van der Waals surface area contributed by atoms with Gasteiger partial charge in [0.25, 0.3) is 5.91 Å². The largest absolute Gasteiger partial charge is 0.495 e. The van der Waals surface area contributed by atoms with Gasteiger partial charge in [-0.2, -0.15) is 4.98 Å². The number of nitrogens with two attached hydrogens (primary N) is 1. The second kappa shape index (κ2) is 15.7. The number of benzene rings is 2. The van der Waals surface area contributed by atoms with Crippen molar-refractivity contribution in [3.63, 3.8) is 0 Å². The molecular formula is C38H47N7O5. The summed E-state index contributed by atoms with van der Waals surface area (Å²) in [6.45, 7) is 2.04. The summed E-state index contributed by atoms with van der Waals surface area (Å²) in [6.07, 6.45) is 14.9. The van der Waals surface area contributed by atoms with Gasteiger partial charge in [0.15, 0.2) is 5.82 Å². The molecule has 3 aliphatic rings. The lowest BCUT2D eigenvalue weighted by atomic mass is 10.0. The van der Waals surface area contributed by atoms with Crippen LogP contribution in [-0.2, 0) is 14.3 Å². The van der Waals surface area contributed by atoms with Gasteiger partial charge in [0.1, 0.15) is 29.6 Å². The molecule has 2 aromatic carbocycles. The lowest BCUT2D eigenvalue weighted by Gasteiger charge is -2.43. The van der Waals surface area contributed by atoms with Gasteiger partial charge in [-0.05, 0) is 87.3 Å². The fraction of sp³-hybridized carbons (Fsp3) is 0.447. The first-order valence-electron chi connectivity index (χ1n) is 17.7. The van der Waals surface area contributed by atoms with Crippen molar-refractivity contribution in [2.24, 2.45) is 5.73 Å². The Morgan fingerprint density at radius 1 is 1.06 bits per heavy atom. The molecule has 2 saturated carbocycles. The first-order valence-corrected chi connectivity index (χ1v) is 17.7. The summed E-state index contributed by atoms with van der Waals surface area (Å²) in [4.78, 5) is 51.9. The fourth-order valence-electron chi connectivity index (χ4n) is 7.09. The normalized spacial score (nSPS) is 18.7. The minimum atomic E-state index is -0.691. The van der Waals surface area contributed by atoms with Crippen molar-refractivity contribution in [1.29, 1.82) is 0 Å². The number of hydrogen-bond acceptors (Lipinski definition) is 10. The van der Waals surface area contributed by atoms with Crippen LogP contribution < -0.4 is 30.9 Å². The molecule has 2 amide bonds. The van der Waals surface area contributed by atoms with E-state index >= 15 is 0 Å². The van der Waals surface area contributed by atoms with E-state index in [-0.39, 0.29) is 36.0 Å². The number of anilines is 5. The van der Waals surface area contributed by atoms with Crippen LogP contribution in [0, 0.1) is 0 Å². The van der Waals surface area contributed by atoms with Crippen molar-refractivity contribution in [2.75, 3.05) is 34.6 Å². The molecule has 0 spiro atoms. The zero-order valence-electron chi connectivity index (χ0n) is 29.1. The maximum atomic E-state index is 13.2. The van der Waals surface area contributed by atoms with Crippen molar-refractivity contribution >= 4 is 52.7 Å². The number of amides is 2. The second-order valence-electron chi connectivity index (χ2n) is 13.3. The van der Waals surface area contributed by atoms with Crippen LogP contribution in [-0.4, -0.2) is 66.1 Å². The Labute approximate surface area is 293 Å². The first-order chi connectivity index (χ1) is 24.2. The van der Waals surface area contributed by atoms with Gasteiger partial charge < -0.3 is 35.6 Å². The number of rotatable bonds is 12. The molecular weight excluding hydrogens is 634 g/mol. The number of hydrogen-bond donors (Lipinski definition) is 3. The average Bonchev–Trinajstić information content (AvgIpc) is 3.86. The number of nitrogens with one attached hydrogen (secondary N) is 2. The zero-order chi connectivity index (χ0) is 35.2. The van der Waals surface area contributed by atoms with E-state index in [1.807, 2.05) is 43.3 Å². The topological polar surface area (TPSA) is 152 Å². The summed E-state index contributed by atoms with van der Waals surface area (Å²) in [6, 6.07) is 11.8. The lowest BCUT2D eigenvalue weighted by molar-refractivity contribution is -0.150. The zero-order valence-corrected chi connectivity index (χ0v) is 29.1. The molecule has 1 aromatic heterocycles. The third-order valence-electron chi connectivity index (χ3n) is 9.88. The van der Waals surface area contributed by atoms with E-state index in [9.17, 15) is 14.4 Å². The monoisotopic (exact) mass is 681 g/mol. The van der Waals surface area contributed by atoms with Crippen LogP contribution >= 0.6 is 0 Å². The van der Waals surface area contributed by atoms with Crippen molar-refractivity contribution in [2.45, 2.75) is 95.4 Å². The SMILES string of the molecule is CCC1C(=O)N(C)c2cnc(Nc3ccc(C(=O)Nc4ccc(/C=C/CC(N)C(=O)OC5CCCC5)cc4)cc3OC)nc2N1C1CCCC1. The molecule has 6 rings (SSSR count). The number of nitrogens with zero attached hydrogens (tertiary/aromatic N) is 4. The van der Waals surface area contributed by atoms with Gasteiger partial charge >= 0.3 is 5.97 Å². The van der Waals surface area contributed by atoms with Gasteiger partial charge in [-0.15, -0.1) is 0 Å². The van der Waals surface area contributed by atoms with Crippen LogP contribution in [0.3, 0.4) is 0 Å². The van der Waals surface area contributed by atoms with Gasteiger partial charge in [0.2, 0.25) is 11.9 Å². The quantitative estimate of drug-likeness (QED) is 0.188. The molecule has 3 aromatic rings. The van der Waals surface area contributed by atoms with Crippen LogP contribution in [0.5, 0.6) is 5.75 Å². The van der Waals surface area contributed by atoms with E-state index in [4.69, 9.17) is 20.2 Å². The molecule has 0 bridgehead atoms. The fourth-order valence-corrected chi connectivity index (χ4v) is 7.09. The van der Waals surface area contributed by atoms with Crippen LogP contribution in [0.4, 0.5) is 28.8 Å². The molecule has 264 valence electrons. The molecule has 50 heavy (non-hydrogen) atoms. The Balaban J connectivity index is 1.09.